The molecule has 0 aliphatic carbocycles. The van der Waals surface area contributed by atoms with Gasteiger partial charge in [-0.15, -0.1) is 0 Å². The average Bonchev–Trinajstić information content (AvgIpc) is 2.87. The van der Waals surface area contributed by atoms with Crippen LogP contribution in [0.5, 0.6) is 0 Å². The summed E-state index contributed by atoms with van der Waals surface area (Å²) in [4.78, 5) is 13.7. The highest BCUT2D eigenvalue weighted by Crippen LogP contribution is 2.35. The van der Waals surface area contributed by atoms with Crippen LogP contribution in [-0.4, -0.2) is 37.8 Å². The number of carbonyl (C=O) groups is 1. The van der Waals surface area contributed by atoms with Gasteiger partial charge < -0.3 is 5.11 Å². The van der Waals surface area contributed by atoms with Crippen molar-refractivity contribution in [1.29, 1.82) is 0 Å². The lowest BCUT2D eigenvalue weighted by Gasteiger charge is -2.33. The summed E-state index contributed by atoms with van der Waals surface area (Å²) < 4.78 is 2.82. The first-order valence-corrected chi connectivity index (χ1v) is 7.38. The number of nitrogens with zero attached hydrogens (tertiary/aromatic N) is 3. The largest absolute Gasteiger partial charge is 0.480 e. The summed E-state index contributed by atoms with van der Waals surface area (Å²) in [7, 11) is 1.90. The number of carboxylic acid groups (broad SMARTS) is 1. The Labute approximate surface area is 121 Å². The fourth-order valence-electron chi connectivity index (χ4n) is 2.99. The molecule has 1 saturated heterocycles. The first-order valence-electron chi connectivity index (χ1n) is 6.58. The van der Waals surface area contributed by atoms with Gasteiger partial charge in [0, 0.05) is 13.6 Å². The molecule has 0 radical (unpaired) electrons. The minimum absolute atomic E-state index is 0.623. The molecule has 1 fully saturated rings. The molecule has 1 atom stereocenters. The van der Waals surface area contributed by atoms with E-state index in [4.69, 9.17) is 0 Å². The zero-order chi connectivity index (χ0) is 14.2. The molecule has 0 aromatic carbocycles. The van der Waals surface area contributed by atoms with Gasteiger partial charge in [-0.05, 0) is 48.7 Å². The molecule has 1 aliphatic rings. The topological polar surface area (TPSA) is 58.4 Å². The molecular weight excluding hydrogens is 310 g/mol. The first-order chi connectivity index (χ1) is 8.92. The molecule has 1 N–H and O–H groups in total. The van der Waals surface area contributed by atoms with Crippen molar-refractivity contribution in [3.63, 3.8) is 0 Å². The van der Waals surface area contributed by atoms with E-state index in [2.05, 4.69) is 25.9 Å². The molecule has 0 amide bonds. The van der Waals surface area contributed by atoms with Gasteiger partial charge in [-0.25, -0.2) is 0 Å². The van der Waals surface area contributed by atoms with E-state index in [1.807, 2.05) is 25.6 Å². The van der Waals surface area contributed by atoms with Gasteiger partial charge in [0.25, 0.3) is 0 Å². The van der Waals surface area contributed by atoms with Crippen molar-refractivity contribution in [2.75, 3.05) is 6.54 Å². The number of carboxylic acids is 1. The highest BCUT2D eigenvalue weighted by Gasteiger charge is 2.46. The minimum Gasteiger partial charge on any atom is -0.480 e. The third kappa shape index (κ3) is 2.31. The van der Waals surface area contributed by atoms with Crippen molar-refractivity contribution in [3.05, 3.63) is 15.9 Å². The summed E-state index contributed by atoms with van der Waals surface area (Å²) in [5.41, 5.74) is 1.27. The van der Waals surface area contributed by atoms with E-state index in [1.165, 1.54) is 0 Å². The molecule has 0 saturated carbocycles. The fraction of sp³-hybridized carbons (Fsp3) is 0.692. The van der Waals surface area contributed by atoms with E-state index < -0.39 is 11.5 Å². The van der Waals surface area contributed by atoms with Crippen LogP contribution in [-0.2, 0) is 18.4 Å². The Kier molecular flexibility index (Phi) is 4.01. The minimum atomic E-state index is -0.711. The summed E-state index contributed by atoms with van der Waals surface area (Å²) in [6, 6.07) is 0. The molecule has 0 bridgehead atoms. The number of hydrogen-bond acceptors (Lipinski definition) is 3. The van der Waals surface area contributed by atoms with E-state index >= 15 is 0 Å². The van der Waals surface area contributed by atoms with E-state index in [1.54, 1.807) is 0 Å². The van der Waals surface area contributed by atoms with Gasteiger partial charge in [0.15, 0.2) is 0 Å². The van der Waals surface area contributed by atoms with Crippen molar-refractivity contribution in [1.82, 2.24) is 14.7 Å². The third-order valence-corrected chi connectivity index (χ3v) is 5.24. The van der Waals surface area contributed by atoms with Crippen molar-refractivity contribution in [3.8, 4) is 0 Å². The molecule has 1 aromatic rings. The second kappa shape index (κ2) is 5.25. The monoisotopic (exact) mass is 329 g/mol. The van der Waals surface area contributed by atoms with Crippen LogP contribution >= 0.6 is 15.9 Å². The predicted molar refractivity (Wildman–Crippen MR) is 75.9 cm³/mol. The Bertz CT molecular complexity index is 500. The number of aliphatic carboxylic acids is 1. The van der Waals surface area contributed by atoms with Crippen LogP contribution in [0.4, 0.5) is 0 Å². The van der Waals surface area contributed by atoms with Gasteiger partial charge in [-0.3, -0.25) is 14.4 Å². The maximum Gasteiger partial charge on any atom is 0.324 e. The molecule has 0 spiro atoms. The number of halogens is 1. The molecule has 6 heteroatoms. The molecule has 106 valence electrons. The highest BCUT2D eigenvalue weighted by molar-refractivity contribution is 9.10. The van der Waals surface area contributed by atoms with Gasteiger partial charge in [0.1, 0.15) is 5.54 Å². The molecule has 1 aromatic heterocycles. The van der Waals surface area contributed by atoms with Crippen molar-refractivity contribution in [2.45, 2.75) is 45.2 Å². The summed E-state index contributed by atoms with van der Waals surface area (Å²) in [5, 5.41) is 13.9. The van der Waals surface area contributed by atoms with E-state index in [0.29, 0.717) is 13.0 Å². The summed E-state index contributed by atoms with van der Waals surface area (Å²) >= 11 is 3.55. The summed E-state index contributed by atoms with van der Waals surface area (Å²) in [5.74, 6) is -0.706. The fourth-order valence-corrected chi connectivity index (χ4v) is 3.45. The van der Waals surface area contributed by atoms with Crippen molar-refractivity contribution < 1.29 is 9.90 Å². The van der Waals surface area contributed by atoms with Crippen LogP contribution in [0.25, 0.3) is 0 Å². The van der Waals surface area contributed by atoms with Crippen LogP contribution in [0.2, 0.25) is 0 Å². The molecular formula is C13H20BrN3O2. The standard InChI is InChI=1S/C13H20BrN3O2/c1-4-13(12(18)19)6-5-7-17(13)8-10-11(14)9(2)15-16(10)3/h4-8H2,1-3H3,(H,18,19). The molecule has 1 unspecified atom stereocenters. The number of hydrogen-bond donors (Lipinski definition) is 1. The van der Waals surface area contributed by atoms with Crippen molar-refractivity contribution in [2.24, 2.45) is 7.05 Å². The highest BCUT2D eigenvalue weighted by atomic mass is 79.9. The smallest absolute Gasteiger partial charge is 0.324 e. The summed E-state index contributed by atoms with van der Waals surface area (Å²) in [6.07, 6.45) is 2.30. The van der Waals surface area contributed by atoms with E-state index in [9.17, 15) is 9.90 Å². The third-order valence-electron chi connectivity index (χ3n) is 4.21. The van der Waals surface area contributed by atoms with Gasteiger partial charge in [0.2, 0.25) is 0 Å². The maximum atomic E-state index is 11.7. The van der Waals surface area contributed by atoms with Gasteiger partial charge in [0.05, 0.1) is 15.9 Å². The molecule has 19 heavy (non-hydrogen) atoms. The number of aryl methyl sites for hydroxylation is 2. The van der Waals surface area contributed by atoms with Crippen LogP contribution in [0.15, 0.2) is 4.47 Å². The Morgan fingerprint density at radius 1 is 1.58 bits per heavy atom. The van der Waals surface area contributed by atoms with E-state index in [0.717, 1.165) is 35.2 Å². The Morgan fingerprint density at radius 2 is 2.26 bits per heavy atom. The van der Waals surface area contributed by atoms with Crippen LogP contribution in [0.1, 0.15) is 37.6 Å². The van der Waals surface area contributed by atoms with Crippen LogP contribution < -0.4 is 0 Å². The zero-order valence-corrected chi connectivity index (χ0v) is 13.2. The predicted octanol–water partition coefficient (Wildman–Crippen LogP) is 2.32. The number of aromatic nitrogens is 2. The van der Waals surface area contributed by atoms with Gasteiger partial charge >= 0.3 is 5.97 Å². The Morgan fingerprint density at radius 3 is 2.74 bits per heavy atom. The van der Waals surface area contributed by atoms with Gasteiger partial charge in [-0.1, -0.05) is 6.92 Å². The van der Waals surface area contributed by atoms with Crippen LogP contribution in [0.3, 0.4) is 0 Å². The quantitative estimate of drug-likeness (QED) is 0.920. The number of rotatable bonds is 4. The van der Waals surface area contributed by atoms with E-state index in [-0.39, 0.29) is 0 Å². The zero-order valence-electron chi connectivity index (χ0n) is 11.6. The lowest BCUT2D eigenvalue weighted by molar-refractivity contribution is -0.150. The average molecular weight is 330 g/mol. The van der Waals surface area contributed by atoms with Gasteiger partial charge in [-0.2, -0.15) is 5.10 Å². The molecule has 5 nitrogen and oxygen atoms in total. The Hall–Kier alpha value is -0.880. The summed E-state index contributed by atoms with van der Waals surface area (Å²) in [6.45, 7) is 5.35. The molecule has 2 heterocycles. The maximum absolute atomic E-state index is 11.7. The Balaban J connectivity index is 2.29. The second-order valence-corrected chi connectivity index (χ2v) is 5.98. The first kappa shape index (κ1) is 14.5. The second-order valence-electron chi connectivity index (χ2n) is 5.19. The lowest BCUT2D eigenvalue weighted by Crippen LogP contribution is -2.49. The number of likely N-dealkylation sites (tertiary alicyclic amines) is 1. The van der Waals surface area contributed by atoms with Crippen molar-refractivity contribution >= 4 is 21.9 Å². The van der Waals surface area contributed by atoms with Crippen LogP contribution in [0, 0.1) is 6.92 Å². The molecule has 2 rings (SSSR count). The SMILES string of the molecule is CCC1(C(=O)O)CCCN1Cc1c(Br)c(C)nn1C. The lowest BCUT2D eigenvalue weighted by atomic mass is 9.93. The molecule has 1 aliphatic heterocycles. The normalized spacial score (nSPS) is 24.0.